The van der Waals surface area contributed by atoms with E-state index in [0.29, 0.717) is 18.4 Å². The molecule has 0 aromatic heterocycles. The lowest BCUT2D eigenvalue weighted by Gasteiger charge is -2.29. The van der Waals surface area contributed by atoms with Gasteiger partial charge in [0, 0.05) is 6.42 Å². The van der Waals surface area contributed by atoms with Crippen LogP contribution in [0, 0.1) is 11.8 Å². The van der Waals surface area contributed by atoms with E-state index in [1.54, 1.807) is 30.3 Å². The molecule has 4 nitrogen and oxygen atoms in total. The number of amides is 1. The van der Waals surface area contributed by atoms with Gasteiger partial charge >= 0.3 is 12.1 Å². The molecule has 1 unspecified atom stereocenters. The molecule has 1 amide bonds. The number of hydrogen-bond acceptors (Lipinski definition) is 2. The van der Waals surface area contributed by atoms with E-state index in [4.69, 9.17) is 0 Å². The molecule has 0 heterocycles. The summed E-state index contributed by atoms with van der Waals surface area (Å²) >= 11 is 0. The highest BCUT2D eigenvalue weighted by Gasteiger charge is 2.41. The Hall–Kier alpha value is -2.05. The van der Waals surface area contributed by atoms with Crippen molar-refractivity contribution in [2.24, 2.45) is 11.8 Å². The van der Waals surface area contributed by atoms with Crippen molar-refractivity contribution >= 4 is 11.9 Å². The summed E-state index contributed by atoms with van der Waals surface area (Å²) in [5.74, 6) is -3.03. The zero-order valence-corrected chi connectivity index (χ0v) is 13.1. The first-order valence-corrected chi connectivity index (χ1v) is 7.91. The minimum atomic E-state index is -4.17. The molecule has 24 heavy (non-hydrogen) atoms. The van der Waals surface area contributed by atoms with Gasteiger partial charge in [0.25, 0.3) is 0 Å². The first-order valence-electron chi connectivity index (χ1n) is 7.91. The van der Waals surface area contributed by atoms with Crippen LogP contribution in [-0.4, -0.2) is 23.2 Å². The maximum atomic E-state index is 12.6. The van der Waals surface area contributed by atoms with Crippen molar-refractivity contribution < 1.29 is 27.9 Å². The molecule has 1 aromatic rings. The Morgan fingerprint density at radius 2 is 1.71 bits per heavy atom. The lowest BCUT2D eigenvalue weighted by atomic mass is 9.80. The average Bonchev–Trinajstić information content (AvgIpc) is 2.53. The monoisotopic (exact) mass is 343 g/mol. The van der Waals surface area contributed by atoms with Crippen molar-refractivity contribution in [2.45, 2.75) is 44.3 Å². The lowest BCUT2D eigenvalue weighted by Crippen LogP contribution is -2.35. The van der Waals surface area contributed by atoms with Crippen molar-refractivity contribution in [3.05, 3.63) is 35.9 Å². The third-order valence-electron chi connectivity index (χ3n) is 4.47. The van der Waals surface area contributed by atoms with Crippen LogP contribution in [0.4, 0.5) is 13.2 Å². The molecule has 1 aromatic carbocycles. The molecular weight excluding hydrogens is 323 g/mol. The number of aliphatic carboxylic acids is 1. The Morgan fingerprint density at radius 1 is 1.12 bits per heavy atom. The first-order chi connectivity index (χ1) is 11.3. The van der Waals surface area contributed by atoms with Crippen LogP contribution in [0.3, 0.4) is 0 Å². The van der Waals surface area contributed by atoms with Crippen LogP contribution in [0.25, 0.3) is 0 Å². The third kappa shape index (κ3) is 4.97. The second kappa shape index (κ2) is 7.68. The number of alkyl halides is 3. The molecule has 0 aliphatic heterocycles. The minimum absolute atomic E-state index is 0.0302. The van der Waals surface area contributed by atoms with Gasteiger partial charge in [0.1, 0.15) is 0 Å². The summed E-state index contributed by atoms with van der Waals surface area (Å²) in [7, 11) is 0. The van der Waals surface area contributed by atoms with Crippen LogP contribution in [0.1, 0.15) is 43.7 Å². The van der Waals surface area contributed by atoms with Gasteiger partial charge in [-0.05, 0) is 37.2 Å². The number of hydrogen-bond donors (Lipinski definition) is 2. The first kappa shape index (κ1) is 18.3. The van der Waals surface area contributed by atoms with E-state index in [1.807, 2.05) is 0 Å². The summed E-state index contributed by atoms with van der Waals surface area (Å²) in [6.45, 7) is 0. The predicted octanol–water partition coefficient (Wildman–Crippen LogP) is 3.69. The van der Waals surface area contributed by atoms with Crippen molar-refractivity contribution in [3.63, 3.8) is 0 Å². The summed E-state index contributed by atoms with van der Waals surface area (Å²) in [5, 5.41) is 11.7. The number of halogens is 3. The standard InChI is InChI=1S/C17H20F3NO3/c18-17(19,20)13-8-6-11(7-9-13)10-14(22)21-15(16(23)24)12-4-2-1-3-5-12/h1-5,11,13,15H,6-10H2,(H,21,22)(H,23,24). The largest absolute Gasteiger partial charge is 0.479 e. The topological polar surface area (TPSA) is 66.4 Å². The molecule has 2 rings (SSSR count). The molecule has 1 saturated carbocycles. The quantitative estimate of drug-likeness (QED) is 0.857. The molecular formula is C17H20F3NO3. The number of carbonyl (C=O) groups is 2. The third-order valence-corrected chi connectivity index (χ3v) is 4.47. The van der Waals surface area contributed by atoms with Gasteiger partial charge in [0.2, 0.25) is 5.91 Å². The smallest absolute Gasteiger partial charge is 0.391 e. The molecule has 0 spiro atoms. The van der Waals surface area contributed by atoms with E-state index in [9.17, 15) is 27.9 Å². The van der Waals surface area contributed by atoms with Crippen molar-refractivity contribution in [1.29, 1.82) is 0 Å². The summed E-state index contributed by atoms with van der Waals surface area (Å²) in [6.07, 6.45) is -3.39. The summed E-state index contributed by atoms with van der Waals surface area (Å²) in [5.41, 5.74) is 0.458. The Kier molecular flexibility index (Phi) is 5.85. The van der Waals surface area contributed by atoms with E-state index in [2.05, 4.69) is 5.32 Å². The number of benzene rings is 1. The number of rotatable bonds is 5. The number of carboxylic acid groups (broad SMARTS) is 1. The van der Waals surface area contributed by atoms with Gasteiger partial charge in [-0.3, -0.25) is 4.79 Å². The predicted molar refractivity (Wildman–Crippen MR) is 81.1 cm³/mol. The van der Waals surface area contributed by atoms with E-state index < -0.39 is 30.0 Å². The van der Waals surface area contributed by atoms with E-state index >= 15 is 0 Å². The molecule has 1 aliphatic rings. The minimum Gasteiger partial charge on any atom is -0.479 e. The second-order valence-electron chi connectivity index (χ2n) is 6.21. The number of carbonyl (C=O) groups excluding carboxylic acids is 1. The summed E-state index contributed by atoms with van der Waals surface area (Å²) < 4.78 is 37.9. The van der Waals surface area contributed by atoms with Gasteiger partial charge in [-0.1, -0.05) is 30.3 Å². The number of nitrogens with one attached hydrogen (secondary N) is 1. The Morgan fingerprint density at radius 3 is 2.21 bits per heavy atom. The fourth-order valence-corrected chi connectivity index (χ4v) is 3.11. The molecule has 0 radical (unpaired) electrons. The van der Waals surface area contributed by atoms with Gasteiger partial charge in [-0.2, -0.15) is 13.2 Å². The average molecular weight is 343 g/mol. The van der Waals surface area contributed by atoms with Crippen LogP contribution in [-0.2, 0) is 9.59 Å². The normalized spacial score (nSPS) is 22.6. The van der Waals surface area contributed by atoms with Gasteiger partial charge in [0.05, 0.1) is 5.92 Å². The fraction of sp³-hybridized carbons (Fsp3) is 0.529. The molecule has 0 bridgehead atoms. The van der Waals surface area contributed by atoms with E-state index in [-0.39, 0.29) is 25.2 Å². The molecule has 7 heteroatoms. The van der Waals surface area contributed by atoms with Crippen molar-refractivity contribution in [2.75, 3.05) is 0 Å². The van der Waals surface area contributed by atoms with Crippen LogP contribution in [0.2, 0.25) is 0 Å². The Bertz CT molecular complexity index is 566. The van der Waals surface area contributed by atoms with Crippen LogP contribution < -0.4 is 5.32 Å². The number of carboxylic acids is 1. The van der Waals surface area contributed by atoms with Crippen LogP contribution in [0.5, 0.6) is 0 Å². The Labute approximate surface area is 138 Å². The molecule has 1 fully saturated rings. The van der Waals surface area contributed by atoms with Gasteiger partial charge < -0.3 is 10.4 Å². The zero-order valence-electron chi connectivity index (χ0n) is 13.1. The van der Waals surface area contributed by atoms with Gasteiger partial charge in [-0.25, -0.2) is 4.79 Å². The highest BCUT2D eigenvalue weighted by Crippen LogP contribution is 2.40. The zero-order chi connectivity index (χ0) is 17.7. The second-order valence-corrected chi connectivity index (χ2v) is 6.21. The maximum absolute atomic E-state index is 12.6. The summed E-state index contributed by atoms with van der Waals surface area (Å²) in [6, 6.07) is 7.15. The molecule has 132 valence electrons. The fourth-order valence-electron chi connectivity index (χ4n) is 3.11. The van der Waals surface area contributed by atoms with Crippen LogP contribution >= 0.6 is 0 Å². The Balaban J connectivity index is 1.88. The van der Waals surface area contributed by atoms with Gasteiger partial charge in [-0.15, -0.1) is 0 Å². The van der Waals surface area contributed by atoms with E-state index in [1.165, 1.54) is 0 Å². The SMILES string of the molecule is O=C(CC1CCC(C(F)(F)F)CC1)NC(C(=O)O)c1ccccc1. The lowest BCUT2D eigenvalue weighted by molar-refractivity contribution is -0.184. The van der Waals surface area contributed by atoms with Crippen molar-refractivity contribution in [3.8, 4) is 0 Å². The highest BCUT2D eigenvalue weighted by molar-refractivity contribution is 5.84. The molecule has 2 N–H and O–H groups in total. The molecule has 1 atom stereocenters. The molecule has 0 saturated heterocycles. The van der Waals surface area contributed by atoms with E-state index in [0.717, 1.165) is 0 Å². The van der Waals surface area contributed by atoms with Crippen LogP contribution in [0.15, 0.2) is 30.3 Å². The molecule has 1 aliphatic carbocycles. The van der Waals surface area contributed by atoms with Gasteiger partial charge in [0.15, 0.2) is 6.04 Å². The highest BCUT2D eigenvalue weighted by atomic mass is 19.4. The maximum Gasteiger partial charge on any atom is 0.391 e. The van der Waals surface area contributed by atoms with Crippen molar-refractivity contribution in [1.82, 2.24) is 5.32 Å². The summed E-state index contributed by atoms with van der Waals surface area (Å²) in [4.78, 5) is 23.4.